The molecule has 0 N–H and O–H groups in total. The van der Waals surface area contributed by atoms with E-state index in [1.54, 1.807) is 12.0 Å². The third-order valence-corrected chi connectivity index (χ3v) is 4.48. The van der Waals surface area contributed by atoms with Gasteiger partial charge in [0, 0.05) is 12.0 Å². The molecule has 1 aliphatic rings. The van der Waals surface area contributed by atoms with E-state index in [2.05, 4.69) is 6.92 Å². The Balaban J connectivity index is 1.60. The van der Waals surface area contributed by atoms with Crippen LogP contribution in [-0.2, 0) is 4.18 Å². The van der Waals surface area contributed by atoms with Crippen LogP contribution in [0.4, 0.5) is 0 Å². The molecule has 1 fully saturated rings. The molecule has 0 unspecified atom stereocenters. The van der Waals surface area contributed by atoms with E-state index in [4.69, 9.17) is 4.18 Å². The molecule has 0 amide bonds. The maximum atomic E-state index is 5.13. The van der Waals surface area contributed by atoms with E-state index in [-0.39, 0.29) is 0 Å². The quantitative estimate of drug-likeness (QED) is 0.204. The van der Waals surface area contributed by atoms with Gasteiger partial charge in [0.1, 0.15) is 5.44 Å². The normalized spacial score (nSPS) is 18.2. The summed E-state index contributed by atoms with van der Waals surface area (Å²) in [5.74, 6) is 0. The minimum Gasteiger partial charge on any atom is -0.296 e. The SMILES string of the molecule is CCCCCCCCCCCCCCC[C@@H]1OS1. The lowest BCUT2D eigenvalue weighted by atomic mass is 10.0. The van der Waals surface area contributed by atoms with Crippen molar-refractivity contribution in [2.24, 2.45) is 0 Å². The second-order valence-corrected chi connectivity index (χ2v) is 6.56. The summed E-state index contributed by atoms with van der Waals surface area (Å²) in [5, 5.41) is 0. The molecule has 1 saturated heterocycles. The lowest BCUT2D eigenvalue weighted by Gasteiger charge is -2.02. The molecule has 0 bridgehead atoms. The standard InChI is InChI=1S/C16H32OS/c1-2-3-4-5-6-7-8-9-10-11-12-13-14-15-16-17-18-16/h16H,2-15H2,1H3/t16-/m1/s1. The Kier molecular flexibility index (Phi) is 11.2. The smallest absolute Gasteiger partial charge is 0.143 e. The molecule has 0 aliphatic carbocycles. The van der Waals surface area contributed by atoms with Crippen LogP contribution in [-0.4, -0.2) is 5.44 Å². The summed E-state index contributed by atoms with van der Waals surface area (Å²) in [4.78, 5) is 0. The van der Waals surface area contributed by atoms with Gasteiger partial charge < -0.3 is 0 Å². The van der Waals surface area contributed by atoms with Crippen LogP contribution < -0.4 is 0 Å². The molecule has 0 spiro atoms. The molecule has 1 heterocycles. The van der Waals surface area contributed by atoms with E-state index < -0.39 is 0 Å². The molecular weight excluding hydrogens is 240 g/mol. The number of hydrogen-bond donors (Lipinski definition) is 0. The third kappa shape index (κ3) is 11.4. The molecule has 1 aliphatic heterocycles. The number of hydrogen-bond acceptors (Lipinski definition) is 2. The zero-order valence-corrected chi connectivity index (χ0v) is 13.1. The lowest BCUT2D eigenvalue weighted by Crippen LogP contribution is -1.85. The van der Waals surface area contributed by atoms with Crippen molar-refractivity contribution in [3.8, 4) is 0 Å². The second kappa shape index (κ2) is 12.3. The van der Waals surface area contributed by atoms with Gasteiger partial charge in [0.25, 0.3) is 0 Å². The van der Waals surface area contributed by atoms with E-state index in [1.165, 1.54) is 89.9 Å². The largest absolute Gasteiger partial charge is 0.296 e. The molecule has 0 aromatic carbocycles. The van der Waals surface area contributed by atoms with Gasteiger partial charge in [0.2, 0.25) is 0 Å². The average Bonchev–Trinajstić information content (AvgIpc) is 3.19. The van der Waals surface area contributed by atoms with E-state index >= 15 is 0 Å². The minimum atomic E-state index is 0.567. The van der Waals surface area contributed by atoms with Gasteiger partial charge in [-0.15, -0.1) is 0 Å². The highest BCUT2D eigenvalue weighted by atomic mass is 32.2. The van der Waals surface area contributed by atoms with Crippen LogP contribution in [0.3, 0.4) is 0 Å². The van der Waals surface area contributed by atoms with Crippen LogP contribution in [0.1, 0.15) is 96.8 Å². The summed E-state index contributed by atoms with van der Waals surface area (Å²) in [6, 6.07) is 0. The fraction of sp³-hybridized carbons (Fsp3) is 1.00. The highest BCUT2D eigenvalue weighted by molar-refractivity contribution is 8.00. The van der Waals surface area contributed by atoms with Gasteiger partial charge in [-0.05, 0) is 12.8 Å². The van der Waals surface area contributed by atoms with Crippen molar-refractivity contribution >= 4 is 12.0 Å². The Bertz CT molecular complexity index is 168. The summed E-state index contributed by atoms with van der Waals surface area (Å²) in [5.41, 5.74) is 0.567. The Morgan fingerprint density at radius 1 is 0.667 bits per heavy atom. The molecule has 108 valence electrons. The van der Waals surface area contributed by atoms with Gasteiger partial charge in [0.15, 0.2) is 0 Å². The summed E-state index contributed by atoms with van der Waals surface area (Å²) in [6.45, 7) is 2.29. The highest BCUT2D eigenvalue weighted by Gasteiger charge is 2.23. The van der Waals surface area contributed by atoms with Crippen molar-refractivity contribution in [3.05, 3.63) is 0 Å². The molecule has 2 heteroatoms. The molecule has 1 rings (SSSR count). The zero-order valence-electron chi connectivity index (χ0n) is 12.3. The maximum Gasteiger partial charge on any atom is 0.143 e. The minimum absolute atomic E-state index is 0.567. The number of unbranched alkanes of at least 4 members (excludes halogenated alkanes) is 12. The molecule has 18 heavy (non-hydrogen) atoms. The van der Waals surface area contributed by atoms with E-state index in [1.807, 2.05) is 0 Å². The number of rotatable bonds is 14. The maximum absolute atomic E-state index is 5.13. The molecule has 0 saturated carbocycles. The van der Waals surface area contributed by atoms with Gasteiger partial charge in [0.05, 0.1) is 0 Å². The van der Waals surface area contributed by atoms with Gasteiger partial charge in [-0.1, -0.05) is 84.0 Å². The van der Waals surface area contributed by atoms with E-state index in [9.17, 15) is 0 Å². The van der Waals surface area contributed by atoms with Crippen LogP contribution in [0.15, 0.2) is 0 Å². The predicted molar refractivity (Wildman–Crippen MR) is 82.8 cm³/mol. The summed E-state index contributed by atoms with van der Waals surface area (Å²) >= 11 is 1.65. The zero-order chi connectivity index (χ0) is 12.9. The van der Waals surface area contributed by atoms with E-state index in [0.717, 1.165) is 0 Å². The first-order valence-electron chi connectivity index (χ1n) is 8.25. The fourth-order valence-corrected chi connectivity index (χ4v) is 2.90. The molecule has 1 nitrogen and oxygen atoms in total. The Morgan fingerprint density at radius 2 is 1.06 bits per heavy atom. The monoisotopic (exact) mass is 272 g/mol. The van der Waals surface area contributed by atoms with Crippen molar-refractivity contribution < 1.29 is 4.18 Å². The van der Waals surface area contributed by atoms with Crippen molar-refractivity contribution in [2.75, 3.05) is 0 Å². The molecule has 0 radical (unpaired) electrons. The van der Waals surface area contributed by atoms with Crippen LogP contribution in [0.2, 0.25) is 0 Å². The third-order valence-electron chi connectivity index (χ3n) is 3.78. The summed E-state index contributed by atoms with van der Waals surface area (Å²) in [7, 11) is 0. The highest BCUT2D eigenvalue weighted by Crippen LogP contribution is 2.37. The Hall–Kier alpha value is 0.310. The van der Waals surface area contributed by atoms with E-state index in [0.29, 0.717) is 5.44 Å². The van der Waals surface area contributed by atoms with Gasteiger partial charge in [-0.25, -0.2) is 0 Å². The Labute approximate surface area is 119 Å². The van der Waals surface area contributed by atoms with Crippen molar-refractivity contribution in [2.45, 2.75) is 102 Å². The predicted octanol–water partition coefficient (Wildman–Crippen LogP) is 6.47. The van der Waals surface area contributed by atoms with Crippen LogP contribution >= 0.6 is 12.0 Å². The van der Waals surface area contributed by atoms with Crippen molar-refractivity contribution in [1.82, 2.24) is 0 Å². The van der Waals surface area contributed by atoms with Crippen molar-refractivity contribution in [1.29, 1.82) is 0 Å². The molecule has 0 aromatic heterocycles. The topological polar surface area (TPSA) is 12.5 Å². The van der Waals surface area contributed by atoms with Crippen LogP contribution in [0.25, 0.3) is 0 Å². The van der Waals surface area contributed by atoms with Crippen LogP contribution in [0, 0.1) is 0 Å². The Morgan fingerprint density at radius 3 is 1.44 bits per heavy atom. The first-order valence-corrected chi connectivity index (χ1v) is 9.06. The summed E-state index contributed by atoms with van der Waals surface area (Å²) < 4.78 is 5.13. The van der Waals surface area contributed by atoms with Gasteiger partial charge in [-0.3, -0.25) is 4.18 Å². The fourth-order valence-electron chi connectivity index (χ4n) is 2.46. The van der Waals surface area contributed by atoms with Crippen molar-refractivity contribution in [3.63, 3.8) is 0 Å². The first-order chi connectivity index (χ1) is 8.93. The molecule has 0 aromatic rings. The second-order valence-electron chi connectivity index (χ2n) is 5.65. The first kappa shape index (κ1) is 16.4. The van der Waals surface area contributed by atoms with Gasteiger partial charge in [-0.2, -0.15) is 0 Å². The van der Waals surface area contributed by atoms with Gasteiger partial charge >= 0.3 is 0 Å². The van der Waals surface area contributed by atoms with Crippen LogP contribution in [0.5, 0.6) is 0 Å². The average molecular weight is 272 g/mol. The molecular formula is C16H32OS. The molecule has 1 atom stereocenters. The summed E-state index contributed by atoms with van der Waals surface area (Å²) in [6.07, 6.45) is 20.0. The lowest BCUT2D eigenvalue weighted by molar-refractivity contribution is 0.423.